The highest BCUT2D eigenvalue weighted by molar-refractivity contribution is 7.17. The summed E-state index contributed by atoms with van der Waals surface area (Å²) in [5.41, 5.74) is 0.594. The van der Waals surface area contributed by atoms with Crippen LogP contribution in [0, 0.1) is 6.92 Å². The fourth-order valence-electron chi connectivity index (χ4n) is 2.62. The highest BCUT2D eigenvalue weighted by Gasteiger charge is 2.52. The predicted octanol–water partition coefficient (Wildman–Crippen LogP) is 2.19. The largest absolute Gasteiger partial charge is 0.496 e. The molecule has 2 saturated heterocycles. The van der Waals surface area contributed by atoms with E-state index in [1.807, 2.05) is 11.3 Å². The van der Waals surface area contributed by atoms with E-state index in [2.05, 4.69) is 45.6 Å². The Balaban J connectivity index is 1.82. The molecule has 1 aromatic heterocycles. The molecule has 2 fully saturated rings. The summed E-state index contributed by atoms with van der Waals surface area (Å²) < 4.78 is 17.8. The van der Waals surface area contributed by atoms with Crippen LogP contribution in [0.5, 0.6) is 0 Å². The molecule has 6 heteroatoms. The summed E-state index contributed by atoms with van der Waals surface area (Å²) in [6.07, 6.45) is 0. The van der Waals surface area contributed by atoms with E-state index in [-0.39, 0.29) is 18.3 Å². The van der Waals surface area contributed by atoms with Crippen molar-refractivity contribution in [1.29, 1.82) is 0 Å². The first-order valence-corrected chi connectivity index (χ1v) is 8.40. The van der Waals surface area contributed by atoms with Crippen LogP contribution in [0.2, 0.25) is 0 Å². The standard InChI is InChI=1S/C15H24BNO3S/c1-11-12(16-19-14(2,3)15(4,5)20-16)10-13(21-11)17-6-8-18-9-7-17/h10H,6-9H2,1-5H3. The van der Waals surface area contributed by atoms with Gasteiger partial charge in [0.2, 0.25) is 0 Å². The lowest BCUT2D eigenvalue weighted by Crippen LogP contribution is -2.41. The lowest BCUT2D eigenvalue weighted by atomic mass is 9.79. The van der Waals surface area contributed by atoms with Crippen LogP contribution in [0.15, 0.2) is 6.07 Å². The van der Waals surface area contributed by atoms with Crippen molar-refractivity contribution in [3.63, 3.8) is 0 Å². The van der Waals surface area contributed by atoms with Gasteiger partial charge in [0.1, 0.15) is 0 Å². The molecule has 0 amide bonds. The van der Waals surface area contributed by atoms with Crippen molar-refractivity contribution in [2.24, 2.45) is 0 Å². The second-order valence-corrected chi connectivity index (χ2v) is 8.02. The van der Waals surface area contributed by atoms with Gasteiger partial charge >= 0.3 is 7.12 Å². The zero-order valence-corrected chi connectivity index (χ0v) is 14.4. The number of morpholine rings is 1. The van der Waals surface area contributed by atoms with Gasteiger partial charge in [0.05, 0.1) is 29.4 Å². The molecule has 0 aromatic carbocycles. The first-order valence-electron chi connectivity index (χ1n) is 7.59. The Labute approximate surface area is 131 Å². The Morgan fingerprint density at radius 1 is 1.10 bits per heavy atom. The van der Waals surface area contributed by atoms with E-state index < -0.39 is 0 Å². The van der Waals surface area contributed by atoms with Gasteiger partial charge in [-0.25, -0.2) is 0 Å². The van der Waals surface area contributed by atoms with Gasteiger partial charge in [-0.05, 0) is 46.1 Å². The zero-order chi connectivity index (χ0) is 15.3. The van der Waals surface area contributed by atoms with E-state index in [4.69, 9.17) is 14.0 Å². The number of ether oxygens (including phenoxy) is 1. The normalized spacial score (nSPS) is 24.6. The summed E-state index contributed by atoms with van der Waals surface area (Å²) in [6, 6.07) is 2.23. The molecule has 2 aliphatic heterocycles. The molecule has 1 aromatic rings. The molecule has 3 rings (SSSR count). The molecule has 0 aliphatic carbocycles. The Morgan fingerprint density at radius 2 is 1.67 bits per heavy atom. The van der Waals surface area contributed by atoms with Crippen molar-refractivity contribution in [1.82, 2.24) is 0 Å². The van der Waals surface area contributed by atoms with Crippen LogP contribution in [0.4, 0.5) is 5.00 Å². The molecule has 116 valence electrons. The average Bonchev–Trinajstić information content (AvgIpc) is 2.89. The molecule has 0 radical (unpaired) electrons. The molecule has 21 heavy (non-hydrogen) atoms. The van der Waals surface area contributed by atoms with E-state index in [9.17, 15) is 0 Å². The Morgan fingerprint density at radius 3 is 2.24 bits per heavy atom. The smallest absolute Gasteiger partial charge is 0.399 e. The minimum Gasteiger partial charge on any atom is -0.399 e. The van der Waals surface area contributed by atoms with Gasteiger partial charge in [-0.15, -0.1) is 11.3 Å². The summed E-state index contributed by atoms with van der Waals surface area (Å²) in [5.74, 6) is 0. The number of anilines is 1. The molecular weight excluding hydrogens is 285 g/mol. The molecule has 2 aliphatic rings. The second kappa shape index (κ2) is 5.27. The molecule has 0 saturated carbocycles. The van der Waals surface area contributed by atoms with Crippen molar-refractivity contribution in [3.8, 4) is 0 Å². The summed E-state index contributed by atoms with van der Waals surface area (Å²) in [7, 11) is -0.263. The van der Waals surface area contributed by atoms with Crippen molar-refractivity contribution in [3.05, 3.63) is 10.9 Å². The molecule has 0 bridgehead atoms. The quantitative estimate of drug-likeness (QED) is 0.784. The van der Waals surface area contributed by atoms with Crippen molar-refractivity contribution < 1.29 is 14.0 Å². The predicted molar refractivity (Wildman–Crippen MR) is 87.8 cm³/mol. The molecule has 0 N–H and O–H groups in total. The number of thiophene rings is 1. The SMILES string of the molecule is Cc1sc(N2CCOCC2)cc1B1OC(C)(C)C(C)(C)O1. The first-order chi connectivity index (χ1) is 9.80. The number of nitrogens with zero attached hydrogens (tertiary/aromatic N) is 1. The Kier molecular flexibility index (Phi) is 3.85. The number of hydrogen-bond donors (Lipinski definition) is 0. The monoisotopic (exact) mass is 309 g/mol. The minimum absolute atomic E-state index is 0.263. The third-order valence-electron chi connectivity index (χ3n) is 4.77. The van der Waals surface area contributed by atoms with Crippen LogP contribution in [0.1, 0.15) is 32.6 Å². The highest BCUT2D eigenvalue weighted by atomic mass is 32.1. The van der Waals surface area contributed by atoms with Gasteiger partial charge in [0, 0.05) is 18.0 Å². The van der Waals surface area contributed by atoms with Gasteiger partial charge in [0.25, 0.3) is 0 Å². The fourth-order valence-corrected chi connectivity index (χ4v) is 3.71. The molecule has 0 spiro atoms. The van der Waals surface area contributed by atoms with E-state index in [0.29, 0.717) is 0 Å². The topological polar surface area (TPSA) is 30.9 Å². The van der Waals surface area contributed by atoms with Gasteiger partial charge in [0.15, 0.2) is 0 Å². The van der Waals surface area contributed by atoms with Gasteiger partial charge in [-0.3, -0.25) is 0 Å². The molecular formula is C15H24BNO3S. The van der Waals surface area contributed by atoms with Crippen LogP contribution in [0.3, 0.4) is 0 Å². The maximum atomic E-state index is 6.17. The van der Waals surface area contributed by atoms with Crippen LogP contribution in [-0.2, 0) is 14.0 Å². The second-order valence-electron chi connectivity index (χ2n) is 6.78. The van der Waals surface area contributed by atoms with Crippen LogP contribution in [-0.4, -0.2) is 44.6 Å². The number of aryl methyl sites for hydroxylation is 1. The lowest BCUT2D eigenvalue weighted by molar-refractivity contribution is 0.00578. The van der Waals surface area contributed by atoms with Gasteiger partial charge in [-0.2, -0.15) is 0 Å². The molecule has 3 heterocycles. The van der Waals surface area contributed by atoms with Crippen LogP contribution < -0.4 is 10.4 Å². The first kappa shape index (κ1) is 15.3. The van der Waals surface area contributed by atoms with E-state index in [0.717, 1.165) is 26.3 Å². The summed E-state index contributed by atoms with van der Waals surface area (Å²) in [6.45, 7) is 14.1. The maximum absolute atomic E-state index is 6.17. The maximum Gasteiger partial charge on any atom is 0.496 e. The van der Waals surface area contributed by atoms with E-state index in [1.54, 1.807) is 0 Å². The zero-order valence-electron chi connectivity index (χ0n) is 13.6. The van der Waals surface area contributed by atoms with E-state index in [1.165, 1.54) is 15.3 Å². The Bertz CT molecular complexity index is 507. The summed E-state index contributed by atoms with van der Waals surface area (Å²) >= 11 is 1.82. The molecule has 0 atom stereocenters. The lowest BCUT2D eigenvalue weighted by Gasteiger charge is -2.32. The fraction of sp³-hybridized carbons (Fsp3) is 0.733. The van der Waals surface area contributed by atoms with Crippen molar-refractivity contribution in [2.75, 3.05) is 31.2 Å². The van der Waals surface area contributed by atoms with Crippen LogP contribution in [0.25, 0.3) is 0 Å². The number of hydrogen-bond acceptors (Lipinski definition) is 5. The third kappa shape index (κ3) is 2.74. The summed E-state index contributed by atoms with van der Waals surface area (Å²) in [4.78, 5) is 3.66. The van der Waals surface area contributed by atoms with Gasteiger partial charge < -0.3 is 18.9 Å². The highest BCUT2D eigenvalue weighted by Crippen LogP contribution is 2.37. The van der Waals surface area contributed by atoms with Crippen LogP contribution >= 0.6 is 11.3 Å². The number of rotatable bonds is 2. The Hall–Kier alpha value is -0.555. The third-order valence-corrected chi connectivity index (χ3v) is 5.90. The van der Waals surface area contributed by atoms with Gasteiger partial charge in [-0.1, -0.05) is 0 Å². The minimum atomic E-state index is -0.287. The molecule has 0 unspecified atom stereocenters. The van der Waals surface area contributed by atoms with Crippen molar-refractivity contribution >= 4 is 28.9 Å². The average molecular weight is 309 g/mol. The van der Waals surface area contributed by atoms with E-state index >= 15 is 0 Å². The summed E-state index contributed by atoms with van der Waals surface area (Å²) in [5, 5.41) is 1.29. The van der Waals surface area contributed by atoms with Crippen molar-refractivity contribution in [2.45, 2.75) is 45.8 Å². The molecule has 4 nitrogen and oxygen atoms in total.